The number of carbonyl (C=O) groups excluding carboxylic acids is 1. The minimum absolute atomic E-state index is 0.0264. The zero-order valence-corrected chi connectivity index (χ0v) is 14.4. The molecule has 2 N–H and O–H groups in total. The van der Waals surface area contributed by atoms with Gasteiger partial charge in [-0.25, -0.2) is 9.78 Å². The van der Waals surface area contributed by atoms with Crippen LogP contribution in [0.3, 0.4) is 0 Å². The molecular formula is C17H18N4O2S. The van der Waals surface area contributed by atoms with E-state index < -0.39 is 0 Å². The summed E-state index contributed by atoms with van der Waals surface area (Å²) in [7, 11) is 0. The van der Waals surface area contributed by atoms with Crippen molar-refractivity contribution in [1.82, 2.24) is 20.3 Å². The number of H-pyrrole nitrogens is 1. The number of aryl methyl sites for hydroxylation is 2. The van der Waals surface area contributed by atoms with Gasteiger partial charge in [0.2, 0.25) is 5.91 Å². The molecule has 0 unspecified atom stereocenters. The maximum Gasteiger partial charge on any atom is 0.345 e. The van der Waals surface area contributed by atoms with Crippen LogP contribution in [0.2, 0.25) is 0 Å². The fraction of sp³-hybridized carbons (Fsp3) is 0.294. The molecule has 124 valence electrons. The van der Waals surface area contributed by atoms with Crippen molar-refractivity contribution in [2.24, 2.45) is 0 Å². The lowest BCUT2D eigenvalue weighted by Crippen LogP contribution is -2.24. The van der Waals surface area contributed by atoms with Crippen molar-refractivity contribution < 1.29 is 4.79 Å². The lowest BCUT2D eigenvalue weighted by molar-refractivity contribution is -0.121. The van der Waals surface area contributed by atoms with Gasteiger partial charge in [0.25, 0.3) is 0 Å². The summed E-state index contributed by atoms with van der Waals surface area (Å²) in [6, 6.07) is 5.91. The molecule has 0 aliphatic rings. The first-order valence-electron chi connectivity index (χ1n) is 7.69. The molecule has 1 amide bonds. The first-order valence-corrected chi connectivity index (χ1v) is 8.56. The Balaban J connectivity index is 1.61. The Morgan fingerprint density at radius 3 is 2.96 bits per heavy atom. The van der Waals surface area contributed by atoms with Crippen LogP contribution in [0.1, 0.15) is 28.9 Å². The number of aromatic amines is 1. The highest BCUT2D eigenvalue weighted by molar-refractivity contribution is 7.16. The van der Waals surface area contributed by atoms with E-state index in [9.17, 15) is 9.59 Å². The Kier molecular flexibility index (Phi) is 4.71. The number of amides is 1. The van der Waals surface area contributed by atoms with Crippen LogP contribution in [-0.4, -0.2) is 20.9 Å². The average Bonchev–Trinajstić information content (AvgIpc) is 3.01. The fourth-order valence-electron chi connectivity index (χ4n) is 2.73. The average molecular weight is 342 g/mol. The van der Waals surface area contributed by atoms with Crippen molar-refractivity contribution in [3.05, 3.63) is 56.7 Å². The summed E-state index contributed by atoms with van der Waals surface area (Å²) in [5.41, 5.74) is 5.86. The molecule has 3 rings (SSSR count). The smallest absolute Gasteiger partial charge is 0.345 e. The van der Waals surface area contributed by atoms with Gasteiger partial charge in [0.1, 0.15) is 0 Å². The van der Waals surface area contributed by atoms with Crippen LogP contribution in [0.5, 0.6) is 0 Å². The molecule has 0 fully saturated rings. The SMILES string of the molecule is Cc1nc(=O)[nH]c(C)c1CCC(=O)NCc1cccc2ncsc12. The molecule has 0 saturated carbocycles. The lowest BCUT2D eigenvalue weighted by Gasteiger charge is -2.09. The van der Waals surface area contributed by atoms with Crippen LogP contribution in [0.4, 0.5) is 0 Å². The molecule has 24 heavy (non-hydrogen) atoms. The Bertz CT molecular complexity index is 919. The van der Waals surface area contributed by atoms with Crippen LogP contribution in [0, 0.1) is 13.8 Å². The zero-order chi connectivity index (χ0) is 17.1. The molecule has 0 aliphatic carbocycles. The minimum Gasteiger partial charge on any atom is -0.352 e. The largest absolute Gasteiger partial charge is 0.352 e. The van der Waals surface area contributed by atoms with Crippen molar-refractivity contribution >= 4 is 27.5 Å². The molecule has 0 aliphatic heterocycles. The van der Waals surface area contributed by atoms with E-state index in [2.05, 4.69) is 20.3 Å². The van der Waals surface area contributed by atoms with Gasteiger partial charge in [0.15, 0.2) is 0 Å². The Morgan fingerprint density at radius 1 is 1.33 bits per heavy atom. The van der Waals surface area contributed by atoms with Gasteiger partial charge in [0.05, 0.1) is 15.7 Å². The Labute approximate surface area is 143 Å². The minimum atomic E-state index is -0.351. The van der Waals surface area contributed by atoms with Gasteiger partial charge in [-0.3, -0.25) is 4.79 Å². The first kappa shape index (κ1) is 16.3. The van der Waals surface area contributed by atoms with E-state index in [-0.39, 0.29) is 11.6 Å². The Morgan fingerprint density at radius 2 is 2.17 bits per heavy atom. The number of thiazole rings is 1. The van der Waals surface area contributed by atoms with Gasteiger partial charge in [-0.1, -0.05) is 12.1 Å². The van der Waals surface area contributed by atoms with Crippen molar-refractivity contribution in [2.45, 2.75) is 33.2 Å². The van der Waals surface area contributed by atoms with E-state index in [0.29, 0.717) is 25.1 Å². The van der Waals surface area contributed by atoms with Crippen LogP contribution in [-0.2, 0) is 17.8 Å². The summed E-state index contributed by atoms with van der Waals surface area (Å²) in [5.74, 6) is -0.0264. The van der Waals surface area contributed by atoms with Gasteiger partial charge < -0.3 is 10.3 Å². The highest BCUT2D eigenvalue weighted by Gasteiger charge is 2.10. The first-order chi connectivity index (χ1) is 11.5. The standard InChI is InChI=1S/C17H18N4O2S/c1-10-13(11(2)21-17(23)20-10)6-7-15(22)18-8-12-4-3-5-14-16(12)24-9-19-14/h3-5,9H,6-8H2,1-2H3,(H,18,22)(H,20,21,23). The highest BCUT2D eigenvalue weighted by atomic mass is 32.1. The molecule has 2 heterocycles. The summed E-state index contributed by atoms with van der Waals surface area (Å²) < 4.78 is 1.11. The molecule has 3 aromatic rings. The third-order valence-corrected chi connectivity index (χ3v) is 4.89. The number of nitrogens with one attached hydrogen (secondary N) is 2. The van der Waals surface area contributed by atoms with E-state index in [1.165, 1.54) is 0 Å². The summed E-state index contributed by atoms with van der Waals surface area (Å²) in [6.07, 6.45) is 0.909. The summed E-state index contributed by atoms with van der Waals surface area (Å²) in [4.78, 5) is 34.3. The molecular weight excluding hydrogens is 324 g/mol. The van der Waals surface area contributed by atoms with Crippen LogP contribution in [0.15, 0.2) is 28.5 Å². The maximum absolute atomic E-state index is 12.1. The maximum atomic E-state index is 12.1. The molecule has 1 aromatic carbocycles. The van der Waals surface area contributed by atoms with Crippen molar-refractivity contribution in [1.29, 1.82) is 0 Å². The number of hydrogen-bond donors (Lipinski definition) is 2. The van der Waals surface area contributed by atoms with Gasteiger partial charge in [-0.15, -0.1) is 11.3 Å². The topological polar surface area (TPSA) is 87.7 Å². The number of carbonyl (C=O) groups is 1. The second-order valence-corrected chi connectivity index (χ2v) is 6.48. The van der Waals surface area contributed by atoms with Gasteiger partial charge in [-0.2, -0.15) is 4.98 Å². The van der Waals surface area contributed by atoms with Gasteiger partial charge >= 0.3 is 5.69 Å². The molecule has 0 radical (unpaired) electrons. The summed E-state index contributed by atoms with van der Waals surface area (Å²) in [5, 5.41) is 2.95. The number of aromatic nitrogens is 3. The van der Waals surface area contributed by atoms with Gasteiger partial charge in [-0.05, 0) is 37.5 Å². The molecule has 7 heteroatoms. The number of benzene rings is 1. The van der Waals surface area contributed by atoms with E-state index in [1.807, 2.05) is 30.6 Å². The van der Waals surface area contributed by atoms with E-state index >= 15 is 0 Å². The predicted octanol–water partition coefficient (Wildman–Crippen LogP) is 2.25. The summed E-state index contributed by atoms with van der Waals surface area (Å²) >= 11 is 1.58. The molecule has 0 saturated heterocycles. The van der Waals surface area contributed by atoms with E-state index in [4.69, 9.17) is 0 Å². The monoisotopic (exact) mass is 342 g/mol. The van der Waals surface area contributed by atoms with Crippen molar-refractivity contribution in [3.8, 4) is 0 Å². The second-order valence-electron chi connectivity index (χ2n) is 5.63. The molecule has 6 nitrogen and oxygen atoms in total. The van der Waals surface area contributed by atoms with Crippen LogP contribution >= 0.6 is 11.3 Å². The number of fused-ring (bicyclic) bond motifs is 1. The second kappa shape index (κ2) is 6.92. The van der Waals surface area contributed by atoms with E-state index in [0.717, 1.165) is 27.0 Å². The normalized spacial score (nSPS) is 10.9. The highest BCUT2D eigenvalue weighted by Crippen LogP contribution is 2.22. The molecule has 0 spiro atoms. The van der Waals surface area contributed by atoms with Gasteiger partial charge in [0, 0.05) is 24.4 Å². The quantitative estimate of drug-likeness (QED) is 0.744. The third kappa shape index (κ3) is 3.51. The fourth-order valence-corrected chi connectivity index (χ4v) is 3.53. The van der Waals surface area contributed by atoms with E-state index in [1.54, 1.807) is 18.3 Å². The Hall–Kier alpha value is -2.54. The lowest BCUT2D eigenvalue weighted by atomic mass is 10.1. The predicted molar refractivity (Wildman–Crippen MR) is 94.1 cm³/mol. The molecule has 2 aromatic heterocycles. The zero-order valence-electron chi connectivity index (χ0n) is 13.5. The third-order valence-electron chi connectivity index (χ3n) is 3.97. The van der Waals surface area contributed by atoms with Crippen molar-refractivity contribution in [3.63, 3.8) is 0 Å². The summed E-state index contributed by atoms with van der Waals surface area (Å²) in [6.45, 7) is 4.11. The number of rotatable bonds is 5. The molecule has 0 bridgehead atoms. The van der Waals surface area contributed by atoms with Crippen LogP contribution in [0.25, 0.3) is 10.2 Å². The number of hydrogen-bond acceptors (Lipinski definition) is 5. The van der Waals surface area contributed by atoms with Crippen LogP contribution < -0.4 is 11.0 Å². The van der Waals surface area contributed by atoms with Crippen molar-refractivity contribution in [2.75, 3.05) is 0 Å². The number of nitrogens with zero attached hydrogens (tertiary/aromatic N) is 2. The molecule has 0 atom stereocenters.